The molecule has 0 aliphatic rings. The van der Waals surface area contributed by atoms with Crippen LogP contribution in [0.5, 0.6) is 0 Å². The first-order chi connectivity index (χ1) is 1.00. The Balaban J connectivity index is -0.00000000167. The molecule has 0 aromatic rings. The van der Waals surface area contributed by atoms with Crippen molar-refractivity contribution >= 4 is 24.8 Å². The summed E-state index contributed by atoms with van der Waals surface area (Å²) < 4.78 is 0. The van der Waals surface area contributed by atoms with Crippen molar-refractivity contribution in [2.75, 3.05) is 0 Å². The molecule has 0 bridgehead atoms. The molecule has 0 radical (unpaired) electrons. The van der Waals surface area contributed by atoms with Gasteiger partial charge in [0, 0.05) is 26.2 Å². The molecule has 0 aliphatic carbocycles. The molecule has 0 amide bonds. The van der Waals surface area contributed by atoms with Gasteiger partial charge in [0.25, 0.3) is 0 Å². The SMILES string of the molecule is Cl.Cl.[CH-]=C.[Zr]. The van der Waals surface area contributed by atoms with E-state index in [1.807, 2.05) is 0 Å². The van der Waals surface area contributed by atoms with Gasteiger partial charge in [-0.25, -0.2) is 0 Å². The first-order valence-corrected chi connectivity index (χ1v) is 0.408. The molecule has 0 rings (SSSR count). The van der Waals surface area contributed by atoms with Crippen molar-refractivity contribution in [3.63, 3.8) is 0 Å². The second kappa shape index (κ2) is 63.5. The molecule has 0 fully saturated rings. The fourth-order valence-electron chi connectivity index (χ4n) is 0. The number of rotatable bonds is 0. The predicted octanol–water partition coefficient (Wildman–Crippen LogP) is 1.45. The van der Waals surface area contributed by atoms with Gasteiger partial charge in [0.15, 0.2) is 0 Å². The minimum atomic E-state index is 0. The van der Waals surface area contributed by atoms with E-state index in [4.69, 9.17) is 0 Å². The molecule has 0 nitrogen and oxygen atoms in total. The van der Waals surface area contributed by atoms with E-state index < -0.39 is 0 Å². The van der Waals surface area contributed by atoms with Crippen LogP contribution in [-0.4, -0.2) is 0 Å². The van der Waals surface area contributed by atoms with Gasteiger partial charge in [-0.15, -0.1) is 24.8 Å². The standard InChI is InChI=1S/C2H3.2ClH.Zr/c1-2;;;/h1H,2H2;2*1H;/q-1;;;. The Morgan fingerprint density at radius 2 is 1.00 bits per heavy atom. The van der Waals surface area contributed by atoms with Crippen LogP contribution < -0.4 is 0 Å². The molecule has 3 heteroatoms. The van der Waals surface area contributed by atoms with E-state index in [0.717, 1.165) is 0 Å². The molecule has 0 atom stereocenters. The van der Waals surface area contributed by atoms with Crippen molar-refractivity contribution in [1.29, 1.82) is 0 Å². The second-order valence-corrected chi connectivity index (χ2v) is 0. The van der Waals surface area contributed by atoms with Crippen LogP contribution in [0.2, 0.25) is 0 Å². The summed E-state index contributed by atoms with van der Waals surface area (Å²) in [6.07, 6.45) is 0. The molecule has 0 unspecified atom stereocenters. The molecule has 0 saturated heterocycles. The van der Waals surface area contributed by atoms with Crippen molar-refractivity contribution in [3.8, 4) is 0 Å². The predicted molar refractivity (Wildman–Crippen MR) is 24.4 cm³/mol. The summed E-state index contributed by atoms with van der Waals surface area (Å²) in [5, 5.41) is 0. The zero-order valence-electron chi connectivity index (χ0n) is 2.60. The molecule has 0 saturated carbocycles. The molecule has 0 aliphatic heterocycles. The van der Waals surface area contributed by atoms with Gasteiger partial charge in [0.05, 0.1) is 0 Å². The quantitative estimate of drug-likeness (QED) is 0.508. The number of hydrogen-bond acceptors (Lipinski definition) is 0. The van der Waals surface area contributed by atoms with Crippen LogP contribution >= 0.6 is 24.8 Å². The number of hydrogen-bond donors (Lipinski definition) is 0. The van der Waals surface area contributed by atoms with Gasteiger partial charge in [-0.3, -0.25) is 6.58 Å². The molecular weight excluding hydrogens is 186 g/mol. The monoisotopic (exact) mass is 189 g/mol. The van der Waals surface area contributed by atoms with E-state index in [0.29, 0.717) is 0 Å². The van der Waals surface area contributed by atoms with E-state index in [1.165, 1.54) is 0 Å². The van der Waals surface area contributed by atoms with E-state index in [1.54, 1.807) is 0 Å². The third-order valence-electron chi connectivity index (χ3n) is 0. The van der Waals surface area contributed by atoms with Crippen LogP contribution in [0.4, 0.5) is 0 Å². The van der Waals surface area contributed by atoms with Crippen LogP contribution in [0, 0.1) is 6.58 Å². The van der Waals surface area contributed by atoms with Crippen molar-refractivity contribution in [2.45, 2.75) is 0 Å². The fourth-order valence-corrected chi connectivity index (χ4v) is 0. The Bertz CT molecular complexity index is 7.61. The Morgan fingerprint density at radius 3 is 1.00 bits per heavy atom. The van der Waals surface area contributed by atoms with Crippen LogP contribution in [0.3, 0.4) is 0 Å². The third-order valence-corrected chi connectivity index (χ3v) is 0. The Kier molecular flexibility index (Phi) is 439. The van der Waals surface area contributed by atoms with E-state index in [2.05, 4.69) is 13.2 Å². The zero-order chi connectivity index (χ0) is 2.00. The van der Waals surface area contributed by atoms with Crippen molar-refractivity contribution in [1.82, 2.24) is 0 Å². The smallest absolute Gasteiger partial charge is 0 e. The molecule has 0 heterocycles. The summed E-state index contributed by atoms with van der Waals surface area (Å²) in [6, 6.07) is 0. The van der Waals surface area contributed by atoms with Crippen molar-refractivity contribution < 1.29 is 26.2 Å². The van der Waals surface area contributed by atoms with Gasteiger partial charge in [-0.1, -0.05) is 0 Å². The molecule has 0 spiro atoms. The van der Waals surface area contributed by atoms with Crippen LogP contribution in [0.25, 0.3) is 0 Å². The third kappa shape index (κ3) is 36.9. The Morgan fingerprint density at radius 1 is 1.00 bits per heavy atom. The van der Waals surface area contributed by atoms with Crippen LogP contribution in [-0.2, 0) is 26.2 Å². The topological polar surface area (TPSA) is 0 Å². The molecule has 0 aromatic carbocycles. The normalized spacial score (nSPS) is 0.800. The largest absolute Gasteiger partial charge is 0.521 e. The summed E-state index contributed by atoms with van der Waals surface area (Å²) in [7, 11) is 0. The van der Waals surface area contributed by atoms with Crippen molar-refractivity contribution in [3.05, 3.63) is 13.2 Å². The zero-order valence-corrected chi connectivity index (χ0v) is 6.69. The second-order valence-electron chi connectivity index (χ2n) is 0. The van der Waals surface area contributed by atoms with Crippen LogP contribution in [0.1, 0.15) is 0 Å². The van der Waals surface area contributed by atoms with Gasteiger partial charge < -0.3 is 6.58 Å². The molecule has 32 valence electrons. The van der Waals surface area contributed by atoms with Gasteiger partial charge in [-0.05, 0) is 0 Å². The average molecular weight is 191 g/mol. The summed E-state index contributed by atoms with van der Waals surface area (Å²) >= 11 is 0. The molecular formula is C2H5Cl2Zr-. The Labute approximate surface area is 64.0 Å². The van der Waals surface area contributed by atoms with E-state index >= 15 is 0 Å². The summed E-state index contributed by atoms with van der Waals surface area (Å²) in [5.41, 5.74) is 0. The molecule has 0 N–H and O–H groups in total. The summed E-state index contributed by atoms with van der Waals surface area (Å²) in [4.78, 5) is 0. The van der Waals surface area contributed by atoms with Crippen LogP contribution in [0.15, 0.2) is 6.58 Å². The Hall–Kier alpha value is 1.20. The summed E-state index contributed by atoms with van der Waals surface area (Å²) in [5.74, 6) is 0. The minimum absolute atomic E-state index is 0. The maximum absolute atomic E-state index is 4.25. The maximum Gasteiger partial charge on any atom is 0 e. The van der Waals surface area contributed by atoms with Gasteiger partial charge >= 0.3 is 0 Å². The minimum Gasteiger partial charge on any atom is -0.521 e. The van der Waals surface area contributed by atoms with Gasteiger partial charge in [-0.2, -0.15) is 0 Å². The first kappa shape index (κ1) is 34.6. The maximum atomic E-state index is 4.25. The fraction of sp³-hybridized carbons (Fsp3) is 0. The van der Waals surface area contributed by atoms with E-state index in [9.17, 15) is 0 Å². The van der Waals surface area contributed by atoms with Crippen molar-refractivity contribution in [2.24, 2.45) is 0 Å². The van der Waals surface area contributed by atoms with Gasteiger partial charge in [0.2, 0.25) is 0 Å². The number of halogens is 2. The summed E-state index contributed by atoms with van der Waals surface area (Å²) in [6.45, 7) is 7.00. The molecule has 0 aromatic heterocycles. The van der Waals surface area contributed by atoms with Gasteiger partial charge in [0.1, 0.15) is 0 Å². The van der Waals surface area contributed by atoms with E-state index in [-0.39, 0.29) is 51.0 Å². The average Bonchev–Trinajstić information content (AvgIpc) is 1.00. The first-order valence-electron chi connectivity index (χ1n) is 0.408. The molecule has 5 heavy (non-hydrogen) atoms.